The lowest BCUT2D eigenvalue weighted by Gasteiger charge is -2.18. The van der Waals surface area contributed by atoms with Crippen LogP contribution in [0.5, 0.6) is 0 Å². The number of pyridine rings is 1. The molecule has 114 valence electrons. The highest BCUT2D eigenvalue weighted by Crippen LogP contribution is 2.50. The fourth-order valence-corrected chi connectivity index (χ4v) is 3.00. The van der Waals surface area contributed by atoms with Gasteiger partial charge in [0.2, 0.25) is 5.91 Å². The van der Waals surface area contributed by atoms with E-state index in [4.69, 9.17) is 11.6 Å². The maximum atomic E-state index is 13.2. The van der Waals surface area contributed by atoms with E-state index in [1.807, 2.05) is 12.1 Å². The normalized spacial score (nSPS) is 15.4. The van der Waals surface area contributed by atoms with Crippen molar-refractivity contribution >= 4 is 17.5 Å². The number of halogens is 2. The van der Waals surface area contributed by atoms with Gasteiger partial charge in [-0.1, -0.05) is 23.7 Å². The van der Waals surface area contributed by atoms with E-state index >= 15 is 0 Å². The summed E-state index contributed by atoms with van der Waals surface area (Å²) in [7, 11) is 0. The van der Waals surface area contributed by atoms with E-state index in [9.17, 15) is 9.18 Å². The molecule has 1 aliphatic rings. The number of carbonyl (C=O) groups excluding carboxylic acids is 1. The largest absolute Gasteiger partial charge is 0.355 e. The molecule has 0 spiro atoms. The lowest BCUT2D eigenvalue weighted by atomic mass is 9.95. The zero-order chi connectivity index (χ0) is 15.6. The van der Waals surface area contributed by atoms with Crippen molar-refractivity contribution in [2.75, 3.05) is 6.54 Å². The fourth-order valence-electron chi connectivity index (χ4n) is 2.63. The van der Waals surface area contributed by atoms with Crippen molar-refractivity contribution in [3.8, 4) is 0 Å². The minimum atomic E-state index is -0.342. The topological polar surface area (TPSA) is 42.0 Å². The predicted molar refractivity (Wildman–Crippen MR) is 83.3 cm³/mol. The van der Waals surface area contributed by atoms with Gasteiger partial charge in [-0.05, 0) is 42.2 Å². The lowest BCUT2D eigenvalue weighted by molar-refractivity contribution is -0.120. The van der Waals surface area contributed by atoms with Crippen molar-refractivity contribution in [2.24, 2.45) is 0 Å². The van der Waals surface area contributed by atoms with E-state index < -0.39 is 0 Å². The number of carbonyl (C=O) groups is 1. The van der Waals surface area contributed by atoms with E-state index in [0.717, 1.165) is 24.0 Å². The molecule has 0 bridgehead atoms. The van der Waals surface area contributed by atoms with Crippen molar-refractivity contribution in [1.82, 2.24) is 10.3 Å². The van der Waals surface area contributed by atoms with E-state index in [1.165, 1.54) is 12.1 Å². The van der Waals surface area contributed by atoms with Crippen LogP contribution >= 0.6 is 11.6 Å². The van der Waals surface area contributed by atoms with E-state index in [2.05, 4.69) is 10.3 Å². The Hall–Kier alpha value is -1.94. The molecule has 5 heteroatoms. The highest BCUT2D eigenvalue weighted by atomic mass is 35.5. The predicted octanol–water partition coefficient (Wildman–Crippen LogP) is 3.26. The molecule has 1 fully saturated rings. The van der Waals surface area contributed by atoms with E-state index in [0.29, 0.717) is 18.0 Å². The molecule has 0 radical (unpaired) electrons. The van der Waals surface area contributed by atoms with Gasteiger partial charge in [-0.3, -0.25) is 9.78 Å². The molecule has 1 heterocycles. The third kappa shape index (κ3) is 3.28. The zero-order valence-corrected chi connectivity index (χ0v) is 12.7. The quantitative estimate of drug-likeness (QED) is 0.919. The summed E-state index contributed by atoms with van der Waals surface area (Å²) >= 11 is 6.14. The summed E-state index contributed by atoms with van der Waals surface area (Å²) in [4.78, 5) is 16.0. The molecule has 1 aromatic carbocycles. The second-order valence-electron chi connectivity index (χ2n) is 5.72. The van der Waals surface area contributed by atoms with Gasteiger partial charge in [-0.15, -0.1) is 0 Å². The van der Waals surface area contributed by atoms with Crippen LogP contribution in [-0.4, -0.2) is 17.4 Å². The Balaban J connectivity index is 1.62. The Bertz CT molecular complexity index is 686. The minimum absolute atomic E-state index is 0.0440. The van der Waals surface area contributed by atoms with Crippen LogP contribution in [0.1, 0.15) is 24.0 Å². The highest BCUT2D eigenvalue weighted by molar-refractivity contribution is 6.31. The Labute approximate surface area is 133 Å². The van der Waals surface area contributed by atoms with Crippen LogP contribution in [0, 0.1) is 5.82 Å². The van der Waals surface area contributed by atoms with Gasteiger partial charge < -0.3 is 5.32 Å². The first-order chi connectivity index (χ1) is 10.6. The number of hydrogen-bond donors (Lipinski definition) is 1. The number of nitrogens with zero attached hydrogens (tertiary/aromatic N) is 1. The van der Waals surface area contributed by atoms with Crippen molar-refractivity contribution in [1.29, 1.82) is 0 Å². The van der Waals surface area contributed by atoms with Crippen LogP contribution < -0.4 is 5.32 Å². The number of rotatable bonds is 5. The van der Waals surface area contributed by atoms with Gasteiger partial charge in [-0.2, -0.15) is 0 Å². The average molecular weight is 319 g/mol. The summed E-state index contributed by atoms with van der Waals surface area (Å²) < 4.78 is 13.2. The monoisotopic (exact) mass is 318 g/mol. The van der Waals surface area contributed by atoms with Gasteiger partial charge in [0.1, 0.15) is 5.82 Å². The Kier molecular flexibility index (Phi) is 4.12. The van der Waals surface area contributed by atoms with Crippen molar-refractivity contribution in [3.63, 3.8) is 0 Å². The molecule has 0 atom stereocenters. The van der Waals surface area contributed by atoms with E-state index in [1.54, 1.807) is 18.5 Å². The number of nitrogens with one attached hydrogen (secondary N) is 1. The Morgan fingerprint density at radius 1 is 1.36 bits per heavy atom. The molecule has 0 saturated heterocycles. The van der Waals surface area contributed by atoms with Gasteiger partial charge >= 0.3 is 0 Å². The number of amides is 1. The maximum Gasteiger partial charge on any atom is 0.224 e. The molecule has 1 N–H and O–H groups in total. The summed E-state index contributed by atoms with van der Waals surface area (Å²) in [6.45, 7) is 0.525. The van der Waals surface area contributed by atoms with E-state index in [-0.39, 0.29) is 17.1 Å². The van der Waals surface area contributed by atoms with Crippen LogP contribution in [0.2, 0.25) is 5.02 Å². The molecular formula is C17H16ClFN2O. The van der Waals surface area contributed by atoms with Gasteiger partial charge in [0, 0.05) is 29.4 Å². The molecule has 1 amide bonds. The van der Waals surface area contributed by atoms with Gasteiger partial charge in [0.05, 0.1) is 6.42 Å². The fraction of sp³-hybridized carbons (Fsp3) is 0.294. The summed E-state index contributed by atoms with van der Waals surface area (Å²) in [5.41, 5.74) is 1.65. The molecule has 1 saturated carbocycles. The molecule has 1 aromatic heterocycles. The number of aromatic nitrogens is 1. The smallest absolute Gasteiger partial charge is 0.224 e. The maximum absolute atomic E-state index is 13.2. The molecule has 0 unspecified atom stereocenters. The SMILES string of the molecule is O=C(Cc1cccnc1)NCC1(c2ccc(F)cc2Cl)CC1. The number of benzene rings is 1. The molecular weight excluding hydrogens is 303 g/mol. The second kappa shape index (κ2) is 6.05. The number of hydrogen-bond acceptors (Lipinski definition) is 2. The van der Waals surface area contributed by atoms with Gasteiger partial charge in [0.25, 0.3) is 0 Å². The van der Waals surface area contributed by atoms with Crippen molar-refractivity contribution in [3.05, 3.63) is 64.7 Å². The lowest BCUT2D eigenvalue weighted by Crippen LogP contribution is -2.33. The highest BCUT2D eigenvalue weighted by Gasteiger charge is 2.45. The third-order valence-corrected chi connectivity index (χ3v) is 4.38. The minimum Gasteiger partial charge on any atom is -0.355 e. The van der Waals surface area contributed by atoms with Crippen LogP contribution in [0.4, 0.5) is 4.39 Å². The second-order valence-corrected chi connectivity index (χ2v) is 6.13. The standard InChI is InChI=1S/C17H16ClFN2O/c18-15-9-13(19)3-4-14(15)17(5-6-17)11-21-16(22)8-12-2-1-7-20-10-12/h1-4,7,9-10H,5-6,8,11H2,(H,21,22). The first-order valence-electron chi connectivity index (χ1n) is 7.20. The van der Waals surface area contributed by atoms with Gasteiger partial charge in [-0.25, -0.2) is 4.39 Å². The molecule has 2 aromatic rings. The summed E-state index contributed by atoms with van der Waals surface area (Å²) in [5, 5.41) is 3.38. The Morgan fingerprint density at radius 3 is 2.82 bits per heavy atom. The molecule has 3 nitrogen and oxygen atoms in total. The summed E-state index contributed by atoms with van der Waals surface area (Å²) in [6.07, 6.45) is 5.57. The first-order valence-corrected chi connectivity index (χ1v) is 7.58. The third-order valence-electron chi connectivity index (χ3n) is 4.07. The van der Waals surface area contributed by atoms with Crippen LogP contribution in [0.15, 0.2) is 42.7 Å². The van der Waals surface area contributed by atoms with Crippen molar-refractivity contribution in [2.45, 2.75) is 24.7 Å². The summed E-state index contributed by atoms with van der Waals surface area (Å²) in [6, 6.07) is 8.14. The van der Waals surface area contributed by atoms with Crippen LogP contribution in [0.3, 0.4) is 0 Å². The molecule has 22 heavy (non-hydrogen) atoms. The Morgan fingerprint density at radius 2 is 2.18 bits per heavy atom. The van der Waals surface area contributed by atoms with Gasteiger partial charge in [0.15, 0.2) is 0 Å². The van der Waals surface area contributed by atoms with Crippen LogP contribution in [0.25, 0.3) is 0 Å². The average Bonchev–Trinajstić information content (AvgIpc) is 3.27. The summed E-state index contributed by atoms with van der Waals surface area (Å²) in [5.74, 6) is -0.386. The van der Waals surface area contributed by atoms with Crippen LogP contribution in [-0.2, 0) is 16.6 Å². The zero-order valence-electron chi connectivity index (χ0n) is 12.0. The molecule has 3 rings (SSSR count). The van der Waals surface area contributed by atoms with Crippen molar-refractivity contribution < 1.29 is 9.18 Å². The molecule has 0 aliphatic heterocycles. The first kappa shape index (κ1) is 15.0. The molecule has 1 aliphatic carbocycles.